The van der Waals surface area contributed by atoms with E-state index in [1.165, 1.54) is 53.9 Å². The van der Waals surface area contributed by atoms with Crippen LogP contribution in [0.4, 0.5) is 17.1 Å². The maximum Gasteiger partial charge on any atom is 0.173 e. The van der Waals surface area contributed by atoms with Crippen molar-refractivity contribution in [2.24, 2.45) is 0 Å². The zero-order valence-corrected chi connectivity index (χ0v) is 25.1. The van der Waals surface area contributed by atoms with Gasteiger partial charge in [-0.25, -0.2) is 9.13 Å². The van der Waals surface area contributed by atoms with Crippen LogP contribution in [0.25, 0.3) is 0 Å². The van der Waals surface area contributed by atoms with E-state index in [0.717, 1.165) is 42.3 Å². The lowest BCUT2D eigenvalue weighted by Gasteiger charge is -2.18. The summed E-state index contributed by atoms with van der Waals surface area (Å²) >= 11 is 6.04. The molecule has 3 aromatic carbocycles. The van der Waals surface area contributed by atoms with Crippen LogP contribution in [-0.4, -0.2) is 20.1 Å². The number of benzene rings is 3. The van der Waals surface area contributed by atoms with E-state index in [4.69, 9.17) is 11.6 Å². The topological polar surface area (TPSA) is 14.2 Å². The van der Waals surface area contributed by atoms with Crippen molar-refractivity contribution < 1.29 is 9.13 Å². The fourth-order valence-corrected chi connectivity index (χ4v) is 5.79. The highest BCUT2D eigenvalue weighted by molar-refractivity contribution is 6.30. The molecule has 1 aliphatic rings. The standard InChI is InChI=1S/C37H39ClN4/c1-39(35-16-14-34(38)15-17-35)36-18-24-40(25-19-36)28-32-10-6-30(7-11-32)4-5-31-8-12-33(13-9-31)29-41-26-20-37(21-27-41)42-22-2-3-23-42/h6-21,24-27H,2-5,22-23,28-29H2,1H3/q+2. The summed E-state index contributed by atoms with van der Waals surface area (Å²) in [7, 11) is 2.07. The molecule has 0 saturated carbocycles. The molecule has 212 valence electrons. The average Bonchev–Trinajstić information content (AvgIpc) is 3.58. The van der Waals surface area contributed by atoms with Gasteiger partial charge >= 0.3 is 0 Å². The molecule has 42 heavy (non-hydrogen) atoms. The molecular formula is C37H39ClN4+2. The van der Waals surface area contributed by atoms with E-state index in [9.17, 15) is 0 Å². The number of anilines is 3. The fourth-order valence-electron chi connectivity index (χ4n) is 5.67. The first-order valence-corrected chi connectivity index (χ1v) is 15.3. The molecule has 0 atom stereocenters. The number of hydrogen-bond donors (Lipinski definition) is 0. The monoisotopic (exact) mass is 574 g/mol. The van der Waals surface area contributed by atoms with Gasteiger partial charge in [0.15, 0.2) is 37.9 Å². The smallest absolute Gasteiger partial charge is 0.173 e. The summed E-state index contributed by atoms with van der Waals surface area (Å²) in [6.07, 6.45) is 13.4. The summed E-state index contributed by atoms with van der Waals surface area (Å²) in [4.78, 5) is 4.64. The van der Waals surface area contributed by atoms with Gasteiger partial charge in [-0.3, -0.25) is 0 Å². The lowest BCUT2D eigenvalue weighted by Crippen LogP contribution is -2.33. The average molecular weight is 575 g/mol. The largest absolute Gasteiger partial charge is 0.371 e. The molecule has 5 aromatic rings. The molecule has 4 nitrogen and oxygen atoms in total. The molecule has 5 heteroatoms. The Morgan fingerprint density at radius 1 is 0.571 bits per heavy atom. The maximum atomic E-state index is 6.04. The zero-order chi connectivity index (χ0) is 28.7. The summed E-state index contributed by atoms with van der Waals surface area (Å²) in [5, 5.41) is 0.752. The predicted octanol–water partition coefficient (Wildman–Crippen LogP) is 7.16. The van der Waals surface area contributed by atoms with Gasteiger partial charge in [-0.15, -0.1) is 0 Å². The lowest BCUT2D eigenvalue weighted by molar-refractivity contribution is -0.688. The van der Waals surface area contributed by atoms with E-state index in [-0.39, 0.29) is 0 Å². The second-order valence-corrected chi connectivity index (χ2v) is 11.8. The number of pyridine rings is 2. The van der Waals surface area contributed by atoms with Crippen LogP contribution in [0, 0.1) is 0 Å². The Morgan fingerprint density at radius 3 is 1.50 bits per heavy atom. The van der Waals surface area contributed by atoms with E-state index in [2.05, 4.69) is 124 Å². The Hall–Kier alpha value is -4.15. The molecule has 0 N–H and O–H groups in total. The van der Waals surface area contributed by atoms with Crippen molar-refractivity contribution in [1.82, 2.24) is 0 Å². The minimum absolute atomic E-state index is 0.752. The molecule has 0 amide bonds. The van der Waals surface area contributed by atoms with Crippen molar-refractivity contribution in [1.29, 1.82) is 0 Å². The van der Waals surface area contributed by atoms with Gasteiger partial charge in [0, 0.05) is 71.9 Å². The molecule has 1 aliphatic heterocycles. The molecule has 0 unspecified atom stereocenters. The molecule has 0 radical (unpaired) electrons. The summed E-state index contributed by atoms with van der Waals surface area (Å²) in [6, 6.07) is 34.9. The molecule has 1 saturated heterocycles. The van der Waals surface area contributed by atoms with Crippen LogP contribution in [0.5, 0.6) is 0 Å². The van der Waals surface area contributed by atoms with Crippen LogP contribution >= 0.6 is 11.6 Å². The van der Waals surface area contributed by atoms with Gasteiger partial charge in [0.1, 0.15) is 0 Å². The highest BCUT2D eigenvalue weighted by atomic mass is 35.5. The van der Waals surface area contributed by atoms with Gasteiger partial charge in [0.05, 0.1) is 5.69 Å². The first kappa shape index (κ1) is 28.0. The first-order chi connectivity index (χ1) is 20.6. The van der Waals surface area contributed by atoms with E-state index in [1.54, 1.807) is 0 Å². The van der Waals surface area contributed by atoms with Crippen LogP contribution < -0.4 is 18.9 Å². The van der Waals surface area contributed by atoms with Crippen LogP contribution in [0.2, 0.25) is 5.02 Å². The Kier molecular flexibility index (Phi) is 8.81. The van der Waals surface area contributed by atoms with Gasteiger partial charge in [-0.1, -0.05) is 60.1 Å². The molecule has 0 bridgehead atoms. The first-order valence-electron chi connectivity index (χ1n) is 15.0. The van der Waals surface area contributed by atoms with Gasteiger partial charge in [-0.2, -0.15) is 0 Å². The highest BCUT2D eigenvalue weighted by Crippen LogP contribution is 2.24. The Morgan fingerprint density at radius 2 is 1.00 bits per heavy atom. The normalized spacial score (nSPS) is 13.0. The zero-order valence-electron chi connectivity index (χ0n) is 24.4. The fraction of sp³-hybridized carbons (Fsp3) is 0.243. The highest BCUT2D eigenvalue weighted by Gasteiger charge is 2.14. The molecule has 1 fully saturated rings. The van der Waals surface area contributed by atoms with Gasteiger partial charge in [0.2, 0.25) is 0 Å². The number of aryl methyl sites for hydroxylation is 2. The Bertz CT molecular complexity index is 1560. The minimum atomic E-state index is 0.752. The number of nitrogens with zero attached hydrogens (tertiary/aromatic N) is 4. The summed E-state index contributed by atoms with van der Waals surface area (Å²) in [5.41, 5.74) is 9.00. The van der Waals surface area contributed by atoms with E-state index < -0.39 is 0 Å². The summed E-state index contributed by atoms with van der Waals surface area (Å²) in [5.74, 6) is 0. The number of aromatic nitrogens is 2. The molecular weight excluding hydrogens is 536 g/mol. The minimum Gasteiger partial charge on any atom is -0.371 e. The van der Waals surface area contributed by atoms with Crippen LogP contribution in [-0.2, 0) is 25.9 Å². The number of halogens is 1. The van der Waals surface area contributed by atoms with Crippen LogP contribution in [0.15, 0.2) is 122 Å². The van der Waals surface area contributed by atoms with E-state index in [0.29, 0.717) is 0 Å². The predicted molar refractivity (Wildman–Crippen MR) is 173 cm³/mol. The molecule has 0 spiro atoms. The van der Waals surface area contributed by atoms with Crippen molar-refractivity contribution in [3.05, 3.63) is 149 Å². The third-order valence-corrected chi connectivity index (χ3v) is 8.55. The van der Waals surface area contributed by atoms with Gasteiger partial charge in [-0.05, 0) is 61.1 Å². The van der Waals surface area contributed by atoms with E-state index >= 15 is 0 Å². The van der Waals surface area contributed by atoms with E-state index in [1.807, 2.05) is 24.3 Å². The quantitative estimate of drug-likeness (QED) is 0.164. The van der Waals surface area contributed by atoms with Crippen molar-refractivity contribution in [3.63, 3.8) is 0 Å². The second-order valence-electron chi connectivity index (χ2n) is 11.3. The van der Waals surface area contributed by atoms with Crippen molar-refractivity contribution >= 4 is 28.7 Å². The second kappa shape index (κ2) is 13.2. The summed E-state index contributed by atoms with van der Waals surface area (Å²) < 4.78 is 4.48. The van der Waals surface area contributed by atoms with Crippen molar-refractivity contribution in [2.45, 2.75) is 38.8 Å². The summed E-state index contributed by atoms with van der Waals surface area (Å²) in [6.45, 7) is 4.13. The van der Waals surface area contributed by atoms with Gasteiger partial charge in [0.25, 0.3) is 0 Å². The Labute approximate surface area is 255 Å². The molecule has 3 heterocycles. The van der Waals surface area contributed by atoms with Crippen molar-refractivity contribution in [2.75, 3.05) is 29.9 Å². The van der Waals surface area contributed by atoms with Crippen LogP contribution in [0.3, 0.4) is 0 Å². The Balaban J connectivity index is 0.976. The molecule has 6 rings (SSSR count). The maximum absolute atomic E-state index is 6.04. The third-order valence-electron chi connectivity index (χ3n) is 8.30. The van der Waals surface area contributed by atoms with Crippen LogP contribution in [0.1, 0.15) is 35.1 Å². The van der Waals surface area contributed by atoms with Crippen molar-refractivity contribution in [3.8, 4) is 0 Å². The molecule has 0 aliphatic carbocycles. The number of hydrogen-bond acceptors (Lipinski definition) is 2. The third kappa shape index (κ3) is 7.18. The van der Waals surface area contributed by atoms with Gasteiger partial charge < -0.3 is 9.80 Å². The lowest BCUT2D eigenvalue weighted by atomic mass is 10.0. The SMILES string of the molecule is CN(c1ccc(Cl)cc1)c1cc[n+](Cc2ccc(CCc3ccc(C[n+]4ccc(N5CCCC5)cc4)cc3)cc2)cc1. The number of rotatable bonds is 10. The molecule has 2 aromatic heterocycles.